The SMILES string of the molecule is Oc1cc2cc(CCCc3ccc4ccc5cccc6ccc3c4c56)ccc2c(-c2c(O)c(O)cc3cc(CCCc4ccc5ccc6cccc7ccc4c5c67)ccc23)c1O. The molecule has 0 amide bonds. The van der Waals surface area contributed by atoms with E-state index >= 15 is 0 Å². The van der Waals surface area contributed by atoms with Crippen molar-refractivity contribution in [2.45, 2.75) is 38.5 Å². The predicted octanol–water partition coefficient (Wildman–Crippen LogP) is 14.6. The van der Waals surface area contributed by atoms with Crippen LogP contribution in [0.4, 0.5) is 0 Å². The first-order valence-corrected chi connectivity index (χ1v) is 21.6. The molecule has 62 heavy (non-hydrogen) atoms. The Morgan fingerprint density at radius 3 is 1.06 bits per heavy atom. The molecule has 4 nitrogen and oxygen atoms in total. The van der Waals surface area contributed by atoms with Crippen LogP contribution < -0.4 is 0 Å². The zero-order valence-corrected chi connectivity index (χ0v) is 34.0. The van der Waals surface area contributed by atoms with E-state index in [0.29, 0.717) is 21.9 Å². The van der Waals surface area contributed by atoms with Crippen LogP contribution in [-0.4, -0.2) is 20.4 Å². The van der Waals surface area contributed by atoms with Gasteiger partial charge in [0.1, 0.15) is 0 Å². The summed E-state index contributed by atoms with van der Waals surface area (Å²) in [6.07, 6.45) is 5.37. The van der Waals surface area contributed by atoms with Crippen molar-refractivity contribution in [1.29, 1.82) is 0 Å². The number of phenolic OH excluding ortho intramolecular Hbond substituents is 4. The van der Waals surface area contributed by atoms with Gasteiger partial charge in [-0.3, -0.25) is 0 Å². The highest BCUT2D eigenvalue weighted by Crippen LogP contribution is 2.51. The standard InChI is InChI=1S/C58H42O4/c59-49-31-43-29-33(5-1-7-35-15-17-41-21-19-37-9-3-11-39-23-27-45(35)53(41)51(37)39)13-25-47(43)55(57(49)61)56-48-26-14-34(30-44(48)32-50(60)58(56)62)6-2-8-36-16-18-42-22-20-38-10-4-12-40-24-28-46(36)54(42)52(38)40/h3-4,9-32,59-62H,1-2,5-8H2. The summed E-state index contributed by atoms with van der Waals surface area (Å²) in [4.78, 5) is 0. The molecule has 12 aromatic carbocycles. The van der Waals surface area contributed by atoms with E-state index in [1.165, 1.54) is 75.8 Å². The fraction of sp³-hybridized carbons (Fsp3) is 0.103. The quantitative estimate of drug-likeness (QED) is 0.0865. The fourth-order valence-corrected chi connectivity index (χ4v) is 10.7. The van der Waals surface area contributed by atoms with Crippen molar-refractivity contribution in [1.82, 2.24) is 0 Å². The summed E-state index contributed by atoms with van der Waals surface area (Å²) in [6.45, 7) is 0. The molecule has 0 aliphatic rings. The second-order valence-electron chi connectivity index (χ2n) is 17.2. The van der Waals surface area contributed by atoms with E-state index in [0.717, 1.165) is 60.4 Å². The Morgan fingerprint density at radius 2 is 0.645 bits per heavy atom. The van der Waals surface area contributed by atoms with Crippen molar-refractivity contribution in [3.63, 3.8) is 0 Å². The topological polar surface area (TPSA) is 80.9 Å². The van der Waals surface area contributed by atoms with Gasteiger partial charge in [0.2, 0.25) is 0 Å². The highest BCUT2D eigenvalue weighted by Gasteiger charge is 2.23. The van der Waals surface area contributed by atoms with E-state index in [9.17, 15) is 20.4 Å². The smallest absolute Gasteiger partial charge is 0.166 e. The summed E-state index contributed by atoms with van der Waals surface area (Å²) in [5, 5.41) is 63.5. The molecule has 4 N–H and O–H groups in total. The van der Waals surface area contributed by atoms with Gasteiger partial charge < -0.3 is 20.4 Å². The number of phenols is 4. The van der Waals surface area contributed by atoms with Gasteiger partial charge in [0.15, 0.2) is 23.0 Å². The monoisotopic (exact) mass is 802 g/mol. The Morgan fingerprint density at radius 1 is 0.290 bits per heavy atom. The van der Waals surface area contributed by atoms with Crippen molar-refractivity contribution in [2.75, 3.05) is 0 Å². The first-order valence-electron chi connectivity index (χ1n) is 21.6. The molecule has 0 radical (unpaired) electrons. The summed E-state index contributed by atoms with van der Waals surface area (Å²) in [5.41, 5.74) is 5.48. The molecule has 0 saturated heterocycles. The van der Waals surface area contributed by atoms with Crippen LogP contribution in [0.25, 0.3) is 97.3 Å². The Balaban J connectivity index is 0.823. The highest BCUT2D eigenvalue weighted by molar-refractivity contribution is 6.24. The molecule has 12 rings (SSSR count). The largest absolute Gasteiger partial charge is 0.504 e. The van der Waals surface area contributed by atoms with E-state index in [-0.39, 0.29) is 23.0 Å². The Hall–Kier alpha value is -7.56. The lowest BCUT2D eigenvalue weighted by Gasteiger charge is -2.17. The number of aryl methyl sites for hydroxylation is 4. The molecular weight excluding hydrogens is 761 g/mol. The summed E-state index contributed by atoms with van der Waals surface area (Å²) in [5.74, 6) is -1.23. The zero-order valence-electron chi connectivity index (χ0n) is 34.0. The van der Waals surface area contributed by atoms with Gasteiger partial charge in [-0.15, -0.1) is 0 Å². The van der Waals surface area contributed by atoms with Gasteiger partial charge in [-0.05, 0) is 159 Å². The van der Waals surface area contributed by atoms with Crippen LogP contribution in [0.15, 0.2) is 158 Å². The molecule has 0 spiro atoms. The second-order valence-corrected chi connectivity index (χ2v) is 17.2. The summed E-state index contributed by atoms with van der Waals surface area (Å²) in [7, 11) is 0. The minimum Gasteiger partial charge on any atom is -0.504 e. The van der Waals surface area contributed by atoms with Gasteiger partial charge in [0, 0.05) is 11.1 Å². The van der Waals surface area contributed by atoms with Gasteiger partial charge >= 0.3 is 0 Å². The van der Waals surface area contributed by atoms with Crippen LogP contribution in [0.2, 0.25) is 0 Å². The maximum absolute atomic E-state index is 11.5. The molecule has 0 fully saturated rings. The molecule has 0 unspecified atom stereocenters. The summed E-state index contributed by atoms with van der Waals surface area (Å²) < 4.78 is 0. The lowest BCUT2D eigenvalue weighted by Crippen LogP contribution is -1.95. The highest BCUT2D eigenvalue weighted by atomic mass is 16.3. The minimum absolute atomic E-state index is 0.280. The van der Waals surface area contributed by atoms with Crippen LogP contribution >= 0.6 is 0 Å². The van der Waals surface area contributed by atoms with Gasteiger partial charge in [-0.25, -0.2) is 0 Å². The normalized spacial score (nSPS) is 12.2. The second kappa shape index (κ2) is 14.0. The Labute approximate surface area is 357 Å². The van der Waals surface area contributed by atoms with Crippen LogP contribution in [0, 0.1) is 0 Å². The van der Waals surface area contributed by atoms with Crippen molar-refractivity contribution < 1.29 is 20.4 Å². The third-order valence-electron chi connectivity index (χ3n) is 13.6. The van der Waals surface area contributed by atoms with Crippen LogP contribution in [0.5, 0.6) is 23.0 Å². The molecule has 0 aliphatic carbocycles. The fourth-order valence-electron chi connectivity index (χ4n) is 10.7. The van der Waals surface area contributed by atoms with Crippen molar-refractivity contribution in [3.8, 4) is 34.1 Å². The lowest BCUT2D eigenvalue weighted by atomic mass is 9.89. The maximum atomic E-state index is 11.5. The molecule has 0 bridgehead atoms. The van der Waals surface area contributed by atoms with Gasteiger partial charge in [0.05, 0.1) is 0 Å². The average Bonchev–Trinajstić information content (AvgIpc) is 3.29. The van der Waals surface area contributed by atoms with E-state index in [1.54, 1.807) is 12.1 Å². The van der Waals surface area contributed by atoms with E-state index in [4.69, 9.17) is 0 Å². The predicted molar refractivity (Wildman–Crippen MR) is 258 cm³/mol. The molecule has 298 valence electrons. The maximum Gasteiger partial charge on any atom is 0.166 e. The summed E-state index contributed by atoms with van der Waals surface area (Å²) in [6, 6.07) is 55.2. The molecular formula is C58H42O4. The van der Waals surface area contributed by atoms with E-state index in [2.05, 4.69) is 133 Å². The van der Waals surface area contributed by atoms with Crippen LogP contribution in [0.1, 0.15) is 35.1 Å². The van der Waals surface area contributed by atoms with Crippen molar-refractivity contribution in [3.05, 3.63) is 180 Å². The molecule has 0 heterocycles. The van der Waals surface area contributed by atoms with E-state index < -0.39 is 0 Å². The first-order chi connectivity index (χ1) is 30.4. The molecule has 12 aromatic rings. The van der Waals surface area contributed by atoms with Gasteiger partial charge in [-0.2, -0.15) is 0 Å². The zero-order chi connectivity index (χ0) is 41.6. The third kappa shape index (κ3) is 5.67. The first kappa shape index (κ1) is 36.3. The van der Waals surface area contributed by atoms with Gasteiger partial charge in [0.25, 0.3) is 0 Å². The summed E-state index contributed by atoms with van der Waals surface area (Å²) >= 11 is 0. The van der Waals surface area contributed by atoms with Crippen LogP contribution in [-0.2, 0) is 25.7 Å². The number of rotatable bonds is 9. The van der Waals surface area contributed by atoms with Crippen LogP contribution in [0.3, 0.4) is 0 Å². The Kier molecular flexibility index (Phi) is 8.20. The van der Waals surface area contributed by atoms with Crippen molar-refractivity contribution in [2.24, 2.45) is 0 Å². The molecule has 4 heteroatoms. The third-order valence-corrected chi connectivity index (χ3v) is 13.6. The Bertz CT molecular complexity index is 3470. The number of aromatic hydroxyl groups is 4. The molecule has 0 saturated carbocycles. The lowest BCUT2D eigenvalue weighted by molar-refractivity contribution is 0.401. The van der Waals surface area contributed by atoms with E-state index in [1.807, 2.05) is 12.1 Å². The van der Waals surface area contributed by atoms with Crippen molar-refractivity contribution >= 4 is 86.2 Å². The minimum atomic E-state index is -0.334. The number of hydrogen-bond donors (Lipinski definition) is 4. The molecule has 0 atom stereocenters. The number of fused-ring (bicyclic) bond motifs is 2. The average molecular weight is 803 g/mol. The molecule has 0 aliphatic heterocycles. The molecule has 0 aromatic heterocycles. The number of hydrogen-bond acceptors (Lipinski definition) is 4. The number of benzene rings is 12. The van der Waals surface area contributed by atoms with Gasteiger partial charge in [-0.1, -0.05) is 146 Å².